The van der Waals surface area contributed by atoms with E-state index in [0.29, 0.717) is 0 Å². The Kier molecular flexibility index (Phi) is 6.96. The highest BCUT2D eigenvalue weighted by molar-refractivity contribution is 5.67. The van der Waals surface area contributed by atoms with E-state index in [1.165, 1.54) is 12.2 Å². The predicted molar refractivity (Wildman–Crippen MR) is 57.9 cm³/mol. The van der Waals surface area contributed by atoms with Crippen LogP contribution in [-0.2, 0) is 9.59 Å². The van der Waals surface area contributed by atoms with Crippen molar-refractivity contribution in [1.82, 2.24) is 0 Å². The fourth-order valence-corrected chi connectivity index (χ4v) is 0.740. The van der Waals surface area contributed by atoms with Crippen molar-refractivity contribution in [3.05, 3.63) is 47.6 Å². The van der Waals surface area contributed by atoms with Crippen LogP contribution in [0.5, 0.6) is 0 Å². The van der Waals surface area contributed by atoms with Gasteiger partial charge in [0.05, 0.1) is 0 Å². The minimum absolute atomic E-state index is 0.751. The smallest absolute Gasteiger partial charge is 0.143 e. The molecule has 0 unspecified atom stereocenters. The van der Waals surface area contributed by atoms with Gasteiger partial charge in [-0.25, -0.2) is 0 Å². The summed E-state index contributed by atoms with van der Waals surface area (Å²) in [5.74, 6) is 0. The van der Waals surface area contributed by atoms with Gasteiger partial charge in [-0.15, -0.1) is 0 Å². The van der Waals surface area contributed by atoms with Gasteiger partial charge in [0.1, 0.15) is 12.6 Å². The van der Waals surface area contributed by atoms with Crippen molar-refractivity contribution in [2.45, 2.75) is 13.8 Å². The van der Waals surface area contributed by atoms with Gasteiger partial charge in [-0.1, -0.05) is 24.3 Å². The molecule has 0 amide bonds. The van der Waals surface area contributed by atoms with Gasteiger partial charge in [0.2, 0.25) is 0 Å². The van der Waals surface area contributed by atoms with E-state index < -0.39 is 0 Å². The van der Waals surface area contributed by atoms with E-state index in [9.17, 15) is 9.59 Å². The number of allylic oxidation sites excluding steroid dienone is 8. The van der Waals surface area contributed by atoms with E-state index in [2.05, 4.69) is 0 Å². The van der Waals surface area contributed by atoms with Gasteiger partial charge in [0.25, 0.3) is 0 Å². The Morgan fingerprint density at radius 1 is 0.786 bits per heavy atom. The SMILES string of the molecule is CC(/C=C/C=C/C(C)=C/C=O)=C\C=O. The minimum Gasteiger partial charge on any atom is -0.299 e. The Labute approximate surface area is 84.3 Å². The third-order valence-corrected chi connectivity index (χ3v) is 1.49. The first-order valence-electron chi connectivity index (χ1n) is 4.29. The van der Waals surface area contributed by atoms with Gasteiger partial charge in [-0.05, 0) is 37.1 Å². The maximum absolute atomic E-state index is 10.1. The molecule has 2 nitrogen and oxygen atoms in total. The van der Waals surface area contributed by atoms with Gasteiger partial charge in [0.15, 0.2) is 0 Å². The minimum atomic E-state index is 0.751. The molecule has 0 aliphatic carbocycles. The fraction of sp³-hybridized carbons (Fsp3) is 0.167. The van der Waals surface area contributed by atoms with Crippen molar-refractivity contribution in [1.29, 1.82) is 0 Å². The summed E-state index contributed by atoms with van der Waals surface area (Å²) in [5, 5.41) is 0. The standard InChI is InChI=1S/C12H14O2/c1-11(7-9-13)5-3-4-6-12(2)8-10-14/h3-10H,1-2H3/b5-3+,6-4+,11-7+,12-8+. The van der Waals surface area contributed by atoms with E-state index >= 15 is 0 Å². The lowest BCUT2D eigenvalue weighted by atomic mass is 10.2. The second-order valence-corrected chi connectivity index (χ2v) is 2.81. The average Bonchev–Trinajstić information content (AvgIpc) is 2.13. The van der Waals surface area contributed by atoms with Crippen LogP contribution in [0.25, 0.3) is 0 Å². The van der Waals surface area contributed by atoms with E-state index in [4.69, 9.17) is 0 Å². The summed E-state index contributed by atoms with van der Waals surface area (Å²) in [5.41, 5.74) is 1.78. The lowest BCUT2D eigenvalue weighted by Crippen LogP contribution is -1.70. The Hall–Kier alpha value is -1.70. The highest BCUT2D eigenvalue weighted by atomic mass is 16.1. The van der Waals surface area contributed by atoms with Crippen LogP contribution < -0.4 is 0 Å². The summed E-state index contributed by atoms with van der Waals surface area (Å²) in [4.78, 5) is 20.1. The van der Waals surface area contributed by atoms with E-state index in [1.807, 2.05) is 38.2 Å². The maximum atomic E-state index is 10.1. The molecule has 0 saturated heterocycles. The molecule has 74 valence electrons. The summed E-state index contributed by atoms with van der Waals surface area (Å²) in [6.07, 6.45) is 11.7. The van der Waals surface area contributed by atoms with Crippen LogP contribution in [0.15, 0.2) is 47.6 Å². The van der Waals surface area contributed by atoms with Gasteiger partial charge in [-0.2, -0.15) is 0 Å². The van der Waals surface area contributed by atoms with Crippen LogP contribution in [0.2, 0.25) is 0 Å². The zero-order valence-electron chi connectivity index (χ0n) is 8.44. The molecule has 0 N–H and O–H groups in total. The molecular weight excluding hydrogens is 176 g/mol. The normalized spacial score (nSPS) is 13.9. The van der Waals surface area contributed by atoms with Gasteiger partial charge >= 0.3 is 0 Å². The van der Waals surface area contributed by atoms with Crippen LogP contribution in [0, 0.1) is 0 Å². The highest BCUT2D eigenvalue weighted by Crippen LogP contribution is 1.96. The molecule has 14 heavy (non-hydrogen) atoms. The number of rotatable bonds is 5. The number of carbonyl (C=O) groups excluding carboxylic acids is 2. The molecule has 0 fully saturated rings. The highest BCUT2D eigenvalue weighted by Gasteiger charge is 1.78. The van der Waals surface area contributed by atoms with Gasteiger partial charge in [-0.3, -0.25) is 9.59 Å². The zero-order chi connectivity index (χ0) is 10.8. The second kappa shape index (κ2) is 7.92. The Balaban J connectivity index is 4.17. The molecule has 0 heterocycles. The first-order valence-corrected chi connectivity index (χ1v) is 4.29. The Morgan fingerprint density at radius 3 is 1.43 bits per heavy atom. The number of hydrogen-bond donors (Lipinski definition) is 0. The number of hydrogen-bond acceptors (Lipinski definition) is 2. The molecule has 0 aromatic carbocycles. The molecule has 0 atom stereocenters. The molecule has 0 saturated carbocycles. The average molecular weight is 190 g/mol. The van der Waals surface area contributed by atoms with Crippen LogP contribution >= 0.6 is 0 Å². The monoisotopic (exact) mass is 190 g/mol. The molecule has 0 aromatic heterocycles. The fourth-order valence-electron chi connectivity index (χ4n) is 0.740. The van der Waals surface area contributed by atoms with E-state index in [1.54, 1.807) is 0 Å². The zero-order valence-corrected chi connectivity index (χ0v) is 8.44. The quantitative estimate of drug-likeness (QED) is 0.379. The van der Waals surface area contributed by atoms with E-state index in [-0.39, 0.29) is 0 Å². The molecule has 0 aromatic rings. The lowest BCUT2D eigenvalue weighted by molar-refractivity contribution is -0.104. The summed E-state index contributed by atoms with van der Waals surface area (Å²) in [6, 6.07) is 0. The molecule has 0 bridgehead atoms. The van der Waals surface area contributed by atoms with Gasteiger partial charge < -0.3 is 0 Å². The third-order valence-electron chi connectivity index (χ3n) is 1.49. The van der Waals surface area contributed by atoms with Crippen LogP contribution in [0.1, 0.15) is 13.8 Å². The summed E-state index contributed by atoms with van der Waals surface area (Å²) in [7, 11) is 0. The van der Waals surface area contributed by atoms with Crippen LogP contribution in [0.3, 0.4) is 0 Å². The molecular formula is C12H14O2. The van der Waals surface area contributed by atoms with Crippen molar-refractivity contribution in [3.63, 3.8) is 0 Å². The maximum Gasteiger partial charge on any atom is 0.143 e. The first-order chi connectivity index (χ1) is 6.70. The summed E-state index contributed by atoms with van der Waals surface area (Å²) >= 11 is 0. The molecule has 0 aliphatic rings. The molecule has 0 rings (SSSR count). The Morgan fingerprint density at radius 2 is 1.14 bits per heavy atom. The van der Waals surface area contributed by atoms with Crippen molar-refractivity contribution in [2.75, 3.05) is 0 Å². The third kappa shape index (κ3) is 6.98. The van der Waals surface area contributed by atoms with Crippen molar-refractivity contribution < 1.29 is 9.59 Å². The van der Waals surface area contributed by atoms with Crippen LogP contribution in [0.4, 0.5) is 0 Å². The summed E-state index contributed by atoms with van der Waals surface area (Å²) in [6.45, 7) is 3.68. The van der Waals surface area contributed by atoms with E-state index in [0.717, 1.165) is 23.7 Å². The van der Waals surface area contributed by atoms with Crippen molar-refractivity contribution >= 4 is 12.6 Å². The molecule has 2 heteroatoms. The largest absolute Gasteiger partial charge is 0.299 e. The molecule has 0 aliphatic heterocycles. The predicted octanol–water partition coefficient (Wildman–Crippen LogP) is 2.39. The summed E-state index contributed by atoms with van der Waals surface area (Å²) < 4.78 is 0. The number of carbonyl (C=O) groups is 2. The first kappa shape index (κ1) is 12.3. The van der Waals surface area contributed by atoms with Crippen molar-refractivity contribution in [2.24, 2.45) is 0 Å². The van der Waals surface area contributed by atoms with Crippen LogP contribution in [-0.4, -0.2) is 12.6 Å². The molecule has 0 radical (unpaired) electrons. The lowest BCUT2D eigenvalue weighted by Gasteiger charge is -1.86. The molecule has 0 spiro atoms. The van der Waals surface area contributed by atoms with Gasteiger partial charge in [0, 0.05) is 0 Å². The second-order valence-electron chi connectivity index (χ2n) is 2.81. The Bertz CT molecular complexity index is 272. The van der Waals surface area contributed by atoms with Crippen molar-refractivity contribution in [3.8, 4) is 0 Å². The topological polar surface area (TPSA) is 34.1 Å². The number of aldehydes is 2.